The van der Waals surface area contributed by atoms with Crippen molar-refractivity contribution < 1.29 is 14.4 Å². The lowest BCUT2D eigenvalue weighted by atomic mass is 9.79. The van der Waals surface area contributed by atoms with Crippen LogP contribution < -0.4 is 16.0 Å². The zero-order chi connectivity index (χ0) is 28.6. The highest BCUT2D eigenvalue weighted by Crippen LogP contribution is 2.46. The molecule has 1 atom stereocenters. The number of hydrogen-bond donors (Lipinski definition) is 3. The number of anilines is 2. The maximum atomic E-state index is 13.5. The number of benzene rings is 2. The highest BCUT2D eigenvalue weighted by atomic mass is 16.2. The van der Waals surface area contributed by atoms with Crippen LogP contribution in [0.4, 0.5) is 11.5 Å². The summed E-state index contributed by atoms with van der Waals surface area (Å²) in [6.45, 7) is 4.87. The third kappa shape index (κ3) is 5.06. The monoisotopic (exact) mass is 552 g/mol. The topological polar surface area (TPSA) is 107 Å². The normalized spacial score (nSPS) is 19.0. The summed E-state index contributed by atoms with van der Waals surface area (Å²) < 4.78 is 0. The van der Waals surface area contributed by atoms with Crippen LogP contribution in [0, 0.1) is 5.92 Å². The maximum Gasteiger partial charge on any atom is 0.237 e. The Hall–Kier alpha value is -4.24. The van der Waals surface area contributed by atoms with Gasteiger partial charge in [0, 0.05) is 63.6 Å². The molecule has 3 heterocycles. The van der Waals surface area contributed by atoms with Crippen molar-refractivity contribution in [2.75, 3.05) is 43.9 Å². The van der Waals surface area contributed by atoms with Crippen LogP contribution in [0.5, 0.6) is 0 Å². The summed E-state index contributed by atoms with van der Waals surface area (Å²) in [6, 6.07) is 18.4. The number of pyridine rings is 1. The van der Waals surface area contributed by atoms with Crippen LogP contribution in [0.3, 0.4) is 0 Å². The van der Waals surface area contributed by atoms with Gasteiger partial charge in [-0.15, -0.1) is 0 Å². The molecule has 1 spiro atoms. The molecule has 1 unspecified atom stereocenters. The minimum atomic E-state index is -0.592. The SMILES string of the molecule is CNCc1ccccc1CN(CCNc1ccc2c(c1)CC1(C2)C(=O)Nc2ncccc21)C(=O)C1CN(C(C)=O)C1. The first-order valence-electron chi connectivity index (χ1n) is 14.3. The summed E-state index contributed by atoms with van der Waals surface area (Å²) in [5, 5.41) is 9.69. The first-order chi connectivity index (χ1) is 19.9. The van der Waals surface area contributed by atoms with Crippen LogP contribution in [-0.2, 0) is 45.7 Å². The lowest BCUT2D eigenvalue weighted by molar-refractivity contribution is -0.147. The molecule has 3 amide bonds. The lowest BCUT2D eigenvalue weighted by Gasteiger charge is -2.40. The van der Waals surface area contributed by atoms with E-state index in [1.54, 1.807) is 18.0 Å². The Morgan fingerprint density at radius 3 is 2.63 bits per heavy atom. The molecule has 1 fully saturated rings. The summed E-state index contributed by atoms with van der Waals surface area (Å²) in [5.41, 5.74) is 5.98. The van der Waals surface area contributed by atoms with Crippen molar-refractivity contribution in [1.29, 1.82) is 0 Å². The van der Waals surface area contributed by atoms with Crippen LogP contribution >= 0.6 is 0 Å². The number of carbonyl (C=O) groups excluding carboxylic acids is 3. The molecule has 3 aliphatic rings. The molecule has 0 radical (unpaired) electrons. The van der Waals surface area contributed by atoms with Crippen molar-refractivity contribution in [3.8, 4) is 0 Å². The number of fused-ring (bicyclic) bond motifs is 3. The largest absolute Gasteiger partial charge is 0.383 e. The molecular formula is C32H36N6O3. The number of carbonyl (C=O) groups is 3. The predicted octanol–water partition coefficient (Wildman–Crippen LogP) is 2.71. The first-order valence-corrected chi connectivity index (χ1v) is 14.3. The van der Waals surface area contributed by atoms with E-state index in [4.69, 9.17) is 0 Å². The van der Waals surface area contributed by atoms with E-state index in [0.717, 1.165) is 28.9 Å². The molecule has 3 N–H and O–H groups in total. The molecule has 0 bridgehead atoms. The van der Waals surface area contributed by atoms with Gasteiger partial charge in [-0.05, 0) is 60.3 Å². The van der Waals surface area contributed by atoms with Gasteiger partial charge in [0.25, 0.3) is 0 Å². The Labute approximate surface area is 240 Å². The number of rotatable bonds is 9. The summed E-state index contributed by atoms with van der Waals surface area (Å²) in [4.78, 5) is 46.3. The quantitative estimate of drug-likeness (QED) is 0.377. The van der Waals surface area contributed by atoms with Gasteiger partial charge in [0.2, 0.25) is 17.7 Å². The van der Waals surface area contributed by atoms with Gasteiger partial charge in [-0.25, -0.2) is 4.98 Å². The van der Waals surface area contributed by atoms with E-state index in [2.05, 4.69) is 51.3 Å². The Balaban J connectivity index is 1.14. The van der Waals surface area contributed by atoms with Crippen molar-refractivity contribution in [2.45, 2.75) is 38.3 Å². The fraction of sp³-hybridized carbons (Fsp3) is 0.375. The second-order valence-corrected chi connectivity index (χ2v) is 11.4. The van der Waals surface area contributed by atoms with Gasteiger partial charge in [-0.1, -0.05) is 36.4 Å². The van der Waals surface area contributed by atoms with Crippen molar-refractivity contribution in [1.82, 2.24) is 20.1 Å². The molecule has 212 valence electrons. The number of nitrogens with zero attached hydrogens (tertiary/aromatic N) is 3. The number of aromatic nitrogens is 1. The smallest absolute Gasteiger partial charge is 0.237 e. The molecule has 41 heavy (non-hydrogen) atoms. The molecule has 1 aromatic heterocycles. The fourth-order valence-corrected chi connectivity index (χ4v) is 6.41. The highest BCUT2D eigenvalue weighted by Gasteiger charge is 2.51. The fourth-order valence-electron chi connectivity index (χ4n) is 6.41. The zero-order valence-electron chi connectivity index (χ0n) is 23.6. The van der Waals surface area contributed by atoms with Gasteiger partial charge in [-0.3, -0.25) is 14.4 Å². The predicted molar refractivity (Wildman–Crippen MR) is 157 cm³/mol. The van der Waals surface area contributed by atoms with Gasteiger partial charge in [0.15, 0.2) is 0 Å². The van der Waals surface area contributed by atoms with Gasteiger partial charge in [0.05, 0.1) is 11.3 Å². The number of amides is 3. The average molecular weight is 553 g/mol. The second kappa shape index (κ2) is 11.0. The molecule has 6 rings (SSSR count). The van der Waals surface area contributed by atoms with Gasteiger partial charge >= 0.3 is 0 Å². The van der Waals surface area contributed by atoms with E-state index < -0.39 is 5.41 Å². The Kier molecular flexibility index (Phi) is 7.21. The second-order valence-electron chi connectivity index (χ2n) is 11.4. The minimum absolute atomic E-state index is 0.00913. The van der Waals surface area contributed by atoms with Crippen LogP contribution in [0.25, 0.3) is 0 Å². The van der Waals surface area contributed by atoms with Crippen LogP contribution in [-0.4, -0.2) is 65.7 Å². The number of hydrogen-bond acceptors (Lipinski definition) is 6. The molecule has 2 aliphatic heterocycles. The van der Waals surface area contributed by atoms with E-state index in [1.807, 2.05) is 36.2 Å². The third-order valence-electron chi connectivity index (χ3n) is 8.73. The molecule has 9 nitrogen and oxygen atoms in total. The van der Waals surface area contributed by atoms with E-state index in [9.17, 15) is 14.4 Å². The van der Waals surface area contributed by atoms with Crippen molar-refractivity contribution >= 4 is 29.2 Å². The minimum Gasteiger partial charge on any atom is -0.383 e. The van der Waals surface area contributed by atoms with E-state index in [0.29, 0.717) is 51.4 Å². The highest BCUT2D eigenvalue weighted by molar-refractivity contribution is 6.06. The first kappa shape index (κ1) is 27.0. The Morgan fingerprint density at radius 1 is 1.07 bits per heavy atom. The molecule has 2 aromatic carbocycles. The van der Waals surface area contributed by atoms with E-state index in [-0.39, 0.29) is 23.6 Å². The van der Waals surface area contributed by atoms with Crippen molar-refractivity contribution in [3.05, 3.63) is 88.6 Å². The molecule has 1 saturated heterocycles. The van der Waals surface area contributed by atoms with Gasteiger partial charge < -0.3 is 25.8 Å². The number of nitrogens with one attached hydrogen (secondary N) is 3. The summed E-state index contributed by atoms with van der Waals surface area (Å²) in [6.07, 6.45) is 3.02. The molecular weight excluding hydrogens is 516 g/mol. The van der Waals surface area contributed by atoms with Crippen molar-refractivity contribution in [2.24, 2.45) is 5.92 Å². The van der Waals surface area contributed by atoms with Crippen LogP contribution in [0.2, 0.25) is 0 Å². The van der Waals surface area contributed by atoms with Gasteiger partial charge in [-0.2, -0.15) is 0 Å². The van der Waals surface area contributed by atoms with Crippen LogP contribution in [0.1, 0.15) is 34.7 Å². The Bertz CT molecular complexity index is 1500. The zero-order valence-corrected chi connectivity index (χ0v) is 23.6. The summed E-state index contributed by atoms with van der Waals surface area (Å²) in [5.74, 6) is 0.613. The summed E-state index contributed by atoms with van der Waals surface area (Å²) >= 11 is 0. The molecule has 0 saturated carbocycles. The van der Waals surface area contributed by atoms with Gasteiger partial charge in [0.1, 0.15) is 5.82 Å². The van der Waals surface area contributed by atoms with E-state index >= 15 is 0 Å². The number of likely N-dealkylation sites (tertiary alicyclic amines) is 1. The molecule has 9 heteroatoms. The molecule has 1 aliphatic carbocycles. The Morgan fingerprint density at radius 2 is 1.85 bits per heavy atom. The third-order valence-corrected chi connectivity index (χ3v) is 8.73. The average Bonchev–Trinajstić information content (AvgIpc) is 3.45. The lowest BCUT2D eigenvalue weighted by Crippen LogP contribution is -2.56. The maximum absolute atomic E-state index is 13.5. The molecule has 3 aromatic rings. The standard InChI is InChI=1S/C32H36N6O3/c1-21(39)38-19-26(20-38)30(40)37(18-24-7-4-3-6-23(24)17-33-2)13-12-34-27-10-9-22-15-32(16-25(22)14-27)28-8-5-11-35-29(28)36-31(32)41/h3-11,14,26,33-34H,12-13,15-20H2,1-2H3,(H,35,36,41). The van der Waals surface area contributed by atoms with E-state index in [1.165, 1.54) is 11.1 Å². The van der Waals surface area contributed by atoms with Crippen molar-refractivity contribution in [3.63, 3.8) is 0 Å². The summed E-state index contributed by atoms with van der Waals surface area (Å²) in [7, 11) is 1.92. The van der Waals surface area contributed by atoms with Crippen LogP contribution in [0.15, 0.2) is 60.8 Å².